The van der Waals surface area contributed by atoms with Crippen molar-refractivity contribution in [3.63, 3.8) is 0 Å². The predicted molar refractivity (Wildman–Crippen MR) is 160 cm³/mol. The van der Waals surface area contributed by atoms with Crippen LogP contribution in [-0.2, 0) is 33.7 Å². The first-order chi connectivity index (χ1) is 19.3. The molecular weight excluding hydrogens is 691 g/mol. The SMILES string of the molecule is CN1[CH-]N(c2[c-]c(Oc3[c-]c(N4[CH-]N(C)C(C)(C)c5ccccc54)ccc3)ccc2)c2cc3c(cc21)ncn3C.[Pt+4]. The van der Waals surface area contributed by atoms with Crippen LogP contribution in [0.15, 0.2) is 79.1 Å². The molecule has 0 saturated heterocycles. The number of nitrogens with zero attached hydrogens (tertiary/aromatic N) is 6. The zero-order chi connectivity index (χ0) is 27.6. The first-order valence-electron chi connectivity index (χ1n) is 13.3. The summed E-state index contributed by atoms with van der Waals surface area (Å²) in [4.78, 5) is 13.1. The first-order valence-corrected chi connectivity index (χ1v) is 13.3. The number of hydrogen-bond donors (Lipinski definition) is 0. The Hall–Kier alpha value is -3.80. The Morgan fingerprint density at radius 1 is 0.756 bits per heavy atom. The summed E-state index contributed by atoms with van der Waals surface area (Å²) in [5.74, 6) is 1.25. The number of rotatable bonds is 4. The topological polar surface area (TPSA) is 40.0 Å². The molecule has 0 saturated carbocycles. The Labute approximate surface area is 255 Å². The Morgan fingerprint density at radius 3 is 2.12 bits per heavy atom. The van der Waals surface area contributed by atoms with E-state index in [9.17, 15) is 0 Å². The third-order valence-electron chi connectivity index (χ3n) is 7.99. The molecule has 7 rings (SSSR count). The monoisotopic (exact) mass is 721 g/mol. The van der Waals surface area contributed by atoms with E-state index >= 15 is 0 Å². The number of fused-ring (bicyclic) bond motifs is 3. The minimum atomic E-state index is -0.113. The Morgan fingerprint density at radius 2 is 1.41 bits per heavy atom. The Kier molecular flexibility index (Phi) is 6.83. The van der Waals surface area contributed by atoms with Gasteiger partial charge in [0, 0.05) is 41.1 Å². The minimum Gasteiger partial charge on any atom is -0.509 e. The third kappa shape index (κ3) is 4.57. The largest absolute Gasteiger partial charge is 4.00 e. The predicted octanol–water partition coefficient (Wildman–Crippen LogP) is 7.11. The smallest absolute Gasteiger partial charge is 0.509 e. The molecule has 0 N–H and O–H groups in total. The molecule has 0 atom stereocenters. The van der Waals surface area contributed by atoms with Crippen LogP contribution in [-0.4, -0.2) is 28.5 Å². The number of aromatic nitrogens is 2. The van der Waals surface area contributed by atoms with Crippen LogP contribution in [0, 0.1) is 25.5 Å². The number of benzene rings is 4. The number of imidazole rings is 1. The van der Waals surface area contributed by atoms with Crippen LogP contribution in [0.4, 0.5) is 28.4 Å². The molecule has 208 valence electrons. The normalized spacial score (nSPS) is 16.0. The third-order valence-corrected chi connectivity index (χ3v) is 7.99. The average Bonchev–Trinajstić information content (AvgIpc) is 3.49. The molecular formula is C33H30N6OPt. The molecule has 2 aliphatic rings. The van der Waals surface area contributed by atoms with E-state index in [4.69, 9.17) is 4.74 Å². The van der Waals surface area contributed by atoms with Crippen molar-refractivity contribution in [2.24, 2.45) is 7.05 Å². The summed E-state index contributed by atoms with van der Waals surface area (Å²) in [6, 6.07) is 31.7. The fourth-order valence-corrected chi connectivity index (χ4v) is 5.47. The molecule has 7 nitrogen and oxygen atoms in total. The molecule has 0 spiro atoms. The van der Waals surface area contributed by atoms with Crippen LogP contribution in [0.1, 0.15) is 19.4 Å². The molecule has 5 aromatic rings. The van der Waals surface area contributed by atoms with Crippen molar-refractivity contribution in [3.05, 3.63) is 110 Å². The summed E-state index contributed by atoms with van der Waals surface area (Å²) in [6.07, 6.45) is 1.85. The molecule has 8 heteroatoms. The second-order valence-corrected chi connectivity index (χ2v) is 10.9. The Bertz CT molecular complexity index is 1750. The van der Waals surface area contributed by atoms with Crippen LogP contribution in [0.5, 0.6) is 11.5 Å². The van der Waals surface area contributed by atoms with Gasteiger partial charge in [-0.1, -0.05) is 18.2 Å². The maximum absolute atomic E-state index is 6.32. The fraction of sp³-hybridized carbons (Fsp3) is 0.182. The molecule has 41 heavy (non-hydrogen) atoms. The second-order valence-electron chi connectivity index (χ2n) is 10.9. The van der Waals surface area contributed by atoms with Gasteiger partial charge in [0.15, 0.2) is 0 Å². The van der Waals surface area contributed by atoms with Gasteiger partial charge >= 0.3 is 21.1 Å². The van der Waals surface area contributed by atoms with Gasteiger partial charge in [0.2, 0.25) is 0 Å². The van der Waals surface area contributed by atoms with E-state index < -0.39 is 0 Å². The summed E-state index contributed by atoms with van der Waals surface area (Å²) in [5.41, 5.74) is 8.32. The van der Waals surface area contributed by atoms with Crippen LogP contribution in [0.2, 0.25) is 0 Å². The summed E-state index contributed by atoms with van der Waals surface area (Å²) < 4.78 is 8.36. The van der Waals surface area contributed by atoms with E-state index in [1.54, 1.807) is 0 Å². The summed E-state index contributed by atoms with van der Waals surface area (Å²) in [6.45, 7) is 8.66. The van der Waals surface area contributed by atoms with E-state index in [-0.39, 0.29) is 26.6 Å². The van der Waals surface area contributed by atoms with Gasteiger partial charge in [-0.25, -0.2) is 4.98 Å². The number of hydrogen-bond acceptors (Lipinski definition) is 6. The van der Waals surface area contributed by atoms with E-state index in [2.05, 4.69) is 113 Å². The summed E-state index contributed by atoms with van der Waals surface area (Å²) >= 11 is 0. The van der Waals surface area contributed by atoms with Gasteiger partial charge < -0.3 is 28.9 Å². The second kappa shape index (κ2) is 10.2. The van der Waals surface area contributed by atoms with Crippen molar-refractivity contribution in [2.75, 3.05) is 28.8 Å². The van der Waals surface area contributed by atoms with Crippen molar-refractivity contribution in [3.8, 4) is 11.5 Å². The molecule has 1 aromatic heterocycles. The van der Waals surface area contributed by atoms with Crippen molar-refractivity contribution >= 4 is 39.5 Å². The summed E-state index contributed by atoms with van der Waals surface area (Å²) in [7, 11) is 6.16. The standard InChI is InChI=1S/C33H30N6O.Pt/c1-33(2)27-14-6-7-15-29(27)39(22-37(33)5)24-11-9-13-26(17-24)40-25-12-8-10-23(16-25)38-21-36(4)31-18-28-30(19-32(31)38)35(3)20-34-28;/h6-15,18-22H,1-5H3;/q-4;+4. The van der Waals surface area contributed by atoms with Crippen LogP contribution in [0.25, 0.3) is 11.0 Å². The van der Waals surface area contributed by atoms with Crippen molar-refractivity contribution in [2.45, 2.75) is 19.4 Å². The minimum absolute atomic E-state index is 0. The van der Waals surface area contributed by atoms with Crippen molar-refractivity contribution in [1.82, 2.24) is 14.5 Å². The summed E-state index contributed by atoms with van der Waals surface area (Å²) in [5, 5.41) is 0. The molecule has 4 aromatic carbocycles. The maximum Gasteiger partial charge on any atom is 4.00 e. The average molecular weight is 722 g/mol. The van der Waals surface area contributed by atoms with Crippen LogP contribution < -0.4 is 19.4 Å². The van der Waals surface area contributed by atoms with Gasteiger partial charge in [-0.05, 0) is 51.7 Å². The van der Waals surface area contributed by atoms with Gasteiger partial charge in [0.25, 0.3) is 0 Å². The van der Waals surface area contributed by atoms with E-state index in [0.717, 1.165) is 39.5 Å². The first kappa shape index (κ1) is 27.4. The number of anilines is 5. The fourth-order valence-electron chi connectivity index (χ4n) is 5.47. The van der Waals surface area contributed by atoms with Crippen LogP contribution in [0.3, 0.4) is 0 Å². The van der Waals surface area contributed by atoms with Gasteiger partial charge in [-0.2, -0.15) is 25.5 Å². The quantitative estimate of drug-likeness (QED) is 0.185. The van der Waals surface area contributed by atoms with Crippen LogP contribution >= 0.6 is 0 Å². The van der Waals surface area contributed by atoms with Crippen molar-refractivity contribution < 1.29 is 25.8 Å². The van der Waals surface area contributed by atoms with E-state index in [0.29, 0.717) is 11.5 Å². The number of para-hydroxylation sites is 1. The number of aryl methyl sites for hydroxylation is 1. The van der Waals surface area contributed by atoms with E-state index in [1.807, 2.05) is 55.3 Å². The molecule has 3 heterocycles. The molecule has 0 fully saturated rings. The molecule has 2 aliphatic heterocycles. The Balaban J connectivity index is 0.00000302. The maximum atomic E-state index is 6.32. The van der Waals surface area contributed by atoms with Gasteiger partial charge in [-0.3, -0.25) is 0 Å². The molecule has 0 bridgehead atoms. The van der Waals surface area contributed by atoms with Gasteiger partial charge in [-0.15, -0.1) is 47.8 Å². The molecule has 0 amide bonds. The molecule has 0 aliphatic carbocycles. The zero-order valence-corrected chi connectivity index (χ0v) is 25.8. The number of ether oxygens (including phenoxy) is 1. The van der Waals surface area contributed by atoms with Gasteiger partial charge in [0.1, 0.15) is 0 Å². The van der Waals surface area contributed by atoms with E-state index in [1.165, 1.54) is 5.56 Å². The molecule has 0 radical (unpaired) electrons. The van der Waals surface area contributed by atoms with Gasteiger partial charge in [0.05, 0.1) is 17.4 Å². The van der Waals surface area contributed by atoms with Crippen molar-refractivity contribution in [1.29, 1.82) is 0 Å². The molecule has 0 unspecified atom stereocenters. The zero-order valence-electron chi connectivity index (χ0n) is 23.6.